The van der Waals surface area contributed by atoms with Crippen LogP contribution in [-0.4, -0.2) is 42.4 Å². The normalized spacial score (nSPS) is 13.1. The first-order valence-electron chi connectivity index (χ1n) is 6.31. The van der Waals surface area contributed by atoms with Gasteiger partial charge in [-0.25, -0.2) is 0 Å². The maximum atomic E-state index is 6.06. The van der Waals surface area contributed by atoms with Crippen molar-refractivity contribution in [3.63, 3.8) is 0 Å². The average Bonchev–Trinajstić information content (AvgIpc) is 2.97. The lowest BCUT2D eigenvalue weighted by atomic mass is 10.1. The summed E-state index contributed by atoms with van der Waals surface area (Å²) in [7, 11) is 6.08. The van der Waals surface area contributed by atoms with Gasteiger partial charge in [0.15, 0.2) is 0 Å². The number of rotatable bonds is 6. The highest BCUT2D eigenvalue weighted by atomic mass is 79.9. The SMILES string of the molecule is CNC(c1ccc(Cl)s1)c1c(Br)cnn1CCN(C)C. The molecule has 1 N–H and O–H groups in total. The van der Waals surface area contributed by atoms with Gasteiger partial charge in [-0.15, -0.1) is 11.3 Å². The quantitative estimate of drug-likeness (QED) is 0.839. The van der Waals surface area contributed by atoms with Crippen molar-refractivity contribution in [2.45, 2.75) is 12.6 Å². The van der Waals surface area contributed by atoms with Crippen LogP contribution in [0.1, 0.15) is 16.6 Å². The van der Waals surface area contributed by atoms with Crippen molar-refractivity contribution >= 4 is 38.9 Å². The van der Waals surface area contributed by atoms with E-state index in [2.05, 4.69) is 51.4 Å². The van der Waals surface area contributed by atoms with Gasteiger partial charge in [-0.05, 0) is 49.2 Å². The van der Waals surface area contributed by atoms with Crippen LogP contribution in [0, 0.1) is 0 Å². The Labute approximate surface area is 136 Å². The van der Waals surface area contributed by atoms with E-state index in [0.29, 0.717) is 0 Å². The van der Waals surface area contributed by atoms with Crippen LogP contribution in [-0.2, 0) is 6.54 Å². The minimum absolute atomic E-state index is 0.0894. The zero-order valence-electron chi connectivity index (χ0n) is 11.7. The lowest BCUT2D eigenvalue weighted by molar-refractivity contribution is 0.366. The molecule has 2 rings (SSSR count). The van der Waals surface area contributed by atoms with Crippen molar-refractivity contribution < 1.29 is 0 Å². The van der Waals surface area contributed by atoms with Crippen LogP contribution in [0.5, 0.6) is 0 Å². The van der Waals surface area contributed by atoms with Gasteiger partial charge in [0.05, 0.1) is 33.3 Å². The predicted molar refractivity (Wildman–Crippen MR) is 88.7 cm³/mol. The van der Waals surface area contributed by atoms with Crippen LogP contribution >= 0.6 is 38.9 Å². The van der Waals surface area contributed by atoms with Gasteiger partial charge in [0.2, 0.25) is 0 Å². The number of hydrogen-bond donors (Lipinski definition) is 1. The Morgan fingerprint density at radius 1 is 1.50 bits per heavy atom. The maximum absolute atomic E-state index is 6.06. The lowest BCUT2D eigenvalue weighted by Crippen LogP contribution is -2.25. The highest BCUT2D eigenvalue weighted by molar-refractivity contribution is 9.10. The van der Waals surface area contributed by atoms with E-state index in [1.54, 1.807) is 11.3 Å². The number of thiophene rings is 1. The Morgan fingerprint density at radius 2 is 2.25 bits per heavy atom. The molecule has 2 heterocycles. The largest absolute Gasteiger partial charge is 0.308 e. The van der Waals surface area contributed by atoms with Gasteiger partial charge in [-0.1, -0.05) is 11.6 Å². The summed E-state index contributed by atoms with van der Waals surface area (Å²) in [6.07, 6.45) is 1.85. The molecule has 4 nitrogen and oxygen atoms in total. The summed E-state index contributed by atoms with van der Waals surface area (Å²) < 4.78 is 3.86. The van der Waals surface area contributed by atoms with E-state index in [1.807, 2.05) is 24.0 Å². The van der Waals surface area contributed by atoms with Crippen molar-refractivity contribution in [1.29, 1.82) is 0 Å². The van der Waals surface area contributed by atoms with Crippen LogP contribution in [0.3, 0.4) is 0 Å². The highest BCUT2D eigenvalue weighted by Crippen LogP contribution is 2.34. The average molecular weight is 378 g/mol. The molecule has 2 aromatic rings. The van der Waals surface area contributed by atoms with Crippen LogP contribution < -0.4 is 5.32 Å². The van der Waals surface area contributed by atoms with E-state index in [9.17, 15) is 0 Å². The Balaban J connectivity index is 2.31. The minimum Gasteiger partial charge on any atom is -0.308 e. The van der Waals surface area contributed by atoms with Crippen LogP contribution in [0.4, 0.5) is 0 Å². The van der Waals surface area contributed by atoms with Crippen molar-refractivity contribution in [2.24, 2.45) is 0 Å². The molecule has 1 unspecified atom stereocenters. The molecular formula is C13H18BrClN4S. The third-order valence-corrected chi connectivity index (χ3v) is 4.94. The van der Waals surface area contributed by atoms with Gasteiger partial charge < -0.3 is 10.2 Å². The Bertz CT molecular complexity index is 566. The van der Waals surface area contributed by atoms with Gasteiger partial charge in [0.1, 0.15) is 0 Å². The van der Waals surface area contributed by atoms with Crippen molar-refractivity contribution in [1.82, 2.24) is 20.0 Å². The summed E-state index contributed by atoms with van der Waals surface area (Å²) in [6.45, 7) is 1.80. The maximum Gasteiger partial charge on any atom is 0.0931 e. The number of nitrogens with one attached hydrogen (secondary N) is 1. The number of halogens is 2. The molecule has 0 saturated heterocycles. The predicted octanol–water partition coefficient (Wildman–Crippen LogP) is 3.23. The Morgan fingerprint density at radius 3 is 2.80 bits per heavy atom. The minimum atomic E-state index is 0.0894. The molecule has 0 spiro atoms. The monoisotopic (exact) mass is 376 g/mol. The van der Waals surface area contributed by atoms with E-state index in [4.69, 9.17) is 11.6 Å². The Hall–Kier alpha value is -0.400. The number of likely N-dealkylation sites (N-methyl/N-ethyl adjacent to an activating group) is 1. The molecule has 0 radical (unpaired) electrons. The van der Waals surface area contributed by atoms with Gasteiger partial charge in [0.25, 0.3) is 0 Å². The molecule has 0 aliphatic heterocycles. The van der Waals surface area contributed by atoms with E-state index in [0.717, 1.165) is 27.6 Å². The second kappa shape index (κ2) is 7.04. The summed E-state index contributed by atoms with van der Waals surface area (Å²) in [5.74, 6) is 0. The highest BCUT2D eigenvalue weighted by Gasteiger charge is 2.22. The molecule has 0 aliphatic rings. The van der Waals surface area contributed by atoms with Gasteiger partial charge >= 0.3 is 0 Å². The van der Waals surface area contributed by atoms with Gasteiger partial charge in [-0.2, -0.15) is 5.10 Å². The summed E-state index contributed by atoms with van der Waals surface area (Å²) in [5, 5.41) is 7.81. The first-order valence-corrected chi connectivity index (χ1v) is 8.30. The van der Waals surface area contributed by atoms with E-state index >= 15 is 0 Å². The second-order valence-electron chi connectivity index (χ2n) is 4.77. The third kappa shape index (κ3) is 3.62. The molecule has 0 saturated carbocycles. The number of nitrogens with zero attached hydrogens (tertiary/aromatic N) is 3. The smallest absolute Gasteiger partial charge is 0.0931 e. The Kier molecular flexibility index (Phi) is 5.63. The van der Waals surface area contributed by atoms with Gasteiger partial charge in [-0.3, -0.25) is 4.68 Å². The molecule has 7 heteroatoms. The van der Waals surface area contributed by atoms with Crippen molar-refractivity contribution in [3.05, 3.63) is 37.7 Å². The van der Waals surface area contributed by atoms with E-state index < -0.39 is 0 Å². The number of hydrogen-bond acceptors (Lipinski definition) is 4. The first kappa shape index (κ1) is 16.0. The molecule has 0 amide bonds. The molecule has 0 aromatic carbocycles. The topological polar surface area (TPSA) is 33.1 Å². The molecule has 2 aromatic heterocycles. The fraction of sp³-hybridized carbons (Fsp3) is 0.462. The summed E-state index contributed by atoms with van der Waals surface area (Å²) in [5.41, 5.74) is 1.13. The summed E-state index contributed by atoms with van der Waals surface area (Å²) in [6, 6.07) is 4.08. The standard InChI is InChI=1S/C13H18BrClN4S/c1-16-12(10-4-5-11(15)20-10)13-9(14)8-17-19(13)7-6-18(2)3/h4-5,8,12,16H,6-7H2,1-3H3. The lowest BCUT2D eigenvalue weighted by Gasteiger charge is -2.19. The molecule has 0 aliphatic carbocycles. The van der Waals surface area contributed by atoms with Gasteiger partial charge in [0, 0.05) is 11.4 Å². The zero-order chi connectivity index (χ0) is 14.7. The molecule has 110 valence electrons. The second-order valence-corrected chi connectivity index (χ2v) is 7.37. The first-order chi connectivity index (χ1) is 9.52. The van der Waals surface area contributed by atoms with Crippen molar-refractivity contribution in [3.8, 4) is 0 Å². The summed E-state index contributed by atoms with van der Waals surface area (Å²) >= 11 is 11.3. The van der Waals surface area contributed by atoms with Crippen LogP contribution in [0.15, 0.2) is 22.8 Å². The van der Waals surface area contributed by atoms with E-state index in [1.165, 1.54) is 4.88 Å². The zero-order valence-corrected chi connectivity index (χ0v) is 14.9. The summed E-state index contributed by atoms with van der Waals surface area (Å²) in [4.78, 5) is 3.33. The van der Waals surface area contributed by atoms with Crippen LogP contribution in [0.25, 0.3) is 0 Å². The van der Waals surface area contributed by atoms with E-state index in [-0.39, 0.29) is 6.04 Å². The molecule has 0 fully saturated rings. The molecule has 0 bridgehead atoms. The fourth-order valence-electron chi connectivity index (χ4n) is 2.03. The third-order valence-electron chi connectivity index (χ3n) is 3.03. The van der Waals surface area contributed by atoms with Crippen molar-refractivity contribution in [2.75, 3.05) is 27.7 Å². The van der Waals surface area contributed by atoms with Crippen LogP contribution in [0.2, 0.25) is 4.34 Å². The molecule has 20 heavy (non-hydrogen) atoms. The molecular weight excluding hydrogens is 360 g/mol. The molecule has 1 atom stereocenters. The fourth-order valence-corrected chi connectivity index (χ4v) is 3.73. The number of aromatic nitrogens is 2.